The number of methoxy groups -OCH3 is 1. The lowest BCUT2D eigenvalue weighted by molar-refractivity contribution is 0.273. The van der Waals surface area contributed by atoms with Crippen molar-refractivity contribution < 1.29 is 9.84 Å². The smallest absolute Gasteiger partial charge is 0.215 e. The van der Waals surface area contributed by atoms with Gasteiger partial charge in [0.05, 0.1) is 12.8 Å². The molecular formula is C10H16N2O2. The number of aryl methyl sites for hydroxylation is 2. The fourth-order valence-electron chi connectivity index (χ4n) is 2.13. The molecule has 1 aliphatic carbocycles. The molecule has 0 amide bonds. The summed E-state index contributed by atoms with van der Waals surface area (Å²) in [5.74, 6) is 1.69. The number of aromatic nitrogens is 2. The Morgan fingerprint density at radius 3 is 2.86 bits per heavy atom. The van der Waals surface area contributed by atoms with Crippen molar-refractivity contribution in [2.75, 3.05) is 13.7 Å². The summed E-state index contributed by atoms with van der Waals surface area (Å²) in [6.45, 7) is 2.26. The third-order valence-corrected chi connectivity index (χ3v) is 2.94. The van der Waals surface area contributed by atoms with Crippen LogP contribution in [0.15, 0.2) is 0 Å². The minimum absolute atomic E-state index is 0.266. The van der Waals surface area contributed by atoms with Crippen LogP contribution in [0, 0.1) is 12.8 Å². The zero-order chi connectivity index (χ0) is 10.3. The average Bonchev–Trinajstić information content (AvgIpc) is 2.86. The summed E-state index contributed by atoms with van der Waals surface area (Å²) in [5.41, 5.74) is 2.19. The highest BCUT2D eigenvalue weighted by molar-refractivity contribution is 5.38. The quantitative estimate of drug-likeness (QED) is 0.779. The van der Waals surface area contributed by atoms with Crippen LogP contribution in [-0.2, 0) is 7.05 Å². The van der Waals surface area contributed by atoms with Crippen LogP contribution in [0.4, 0.5) is 0 Å². The van der Waals surface area contributed by atoms with E-state index in [9.17, 15) is 0 Å². The number of hydrogen-bond donors (Lipinski definition) is 1. The van der Waals surface area contributed by atoms with Gasteiger partial charge in [0, 0.05) is 19.2 Å². The molecule has 1 saturated carbocycles. The summed E-state index contributed by atoms with van der Waals surface area (Å²) in [4.78, 5) is 0. The van der Waals surface area contributed by atoms with Gasteiger partial charge in [0.15, 0.2) is 0 Å². The Kier molecular flexibility index (Phi) is 2.23. The van der Waals surface area contributed by atoms with E-state index in [1.54, 1.807) is 11.8 Å². The topological polar surface area (TPSA) is 47.3 Å². The van der Waals surface area contributed by atoms with E-state index in [0.29, 0.717) is 11.8 Å². The maximum atomic E-state index is 9.03. The van der Waals surface area contributed by atoms with Crippen molar-refractivity contribution in [2.24, 2.45) is 13.0 Å². The average molecular weight is 196 g/mol. The summed E-state index contributed by atoms with van der Waals surface area (Å²) in [6.07, 6.45) is 1.05. The summed E-state index contributed by atoms with van der Waals surface area (Å²) in [6, 6.07) is 0. The van der Waals surface area contributed by atoms with Crippen LogP contribution < -0.4 is 4.74 Å². The highest BCUT2D eigenvalue weighted by atomic mass is 16.5. The lowest BCUT2D eigenvalue weighted by Crippen LogP contribution is -1.97. The Bertz CT molecular complexity index is 346. The molecule has 1 fully saturated rings. The molecule has 78 valence electrons. The molecule has 0 saturated heterocycles. The van der Waals surface area contributed by atoms with Crippen molar-refractivity contribution in [1.29, 1.82) is 0 Å². The van der Waals surface area contributed by atoms with Gasteiger partial charge in [-0.2, -0.15) is 5.10 Å². The number of hydrogen-bond acceptors (Lipinski definition) is 3. The molecule has 0 aromatic carbocycles. The molecule has 4 heteroatoms. The highest BCUT2D eigenvalue weighted by Gasteiger charge is 2.42. The number of rotatable bonds is 3. The Morgan fingerprint density at radius 1 is 1.64 bits per heavy atom. The van der Waals surface area contributed by atoms with Gasteiger partial charge in [0.25, 0.3) is 0 Å². The fraction of sp³-hybridized carbons (Fsp3) is 0.700. The molecule has 0 spiro atoms. The number of nitrogens with zero attached hydrogens (tertiary/aromatic N) is 2. The first-order chi connectivity index (χ1) is 6.69. The molecule has 4 nitrogen and oxygen atoms in total. The van der Waals surface area contributed by atoms with Gasteiger partial charge in [-0.1, -0.05) is 0 Å². The molecule has 0 bridgehead atoms. The monoisotopic (exact) mass is 196 g/mol. The second-order valence-electron chi connectivity index (χ2n) is 3.92. The normalized spacial score (nSPS) is 25.1. The van der Waals surface area contributed by atoms with E-state index < -0.39 is 0 Å². The second-order valence-corrected chi connectivity index (χ2v) is 3.92. The van der Waals surface area contributed by atoms with Crippen LogP contribution in [0.5, 0.6) is 5.88 Å². The van der Waals surface area contributed by atoms with Crippen molar-refractivity contribution in [3.8, 4) is 5.88 Å². The van der Waals surface area contributed by atoms with Crippen LogP contribution in [-0.4, -0.2) is 28.6 Å². The van der Waals surface area contributed by atoms with E-state index >= 15 is 0 Å². The summed E-state index contributed by atoms with van der Waals surface area (Å²) < 4.78 is 7.07. The predicted molar refractivity (Wildman–Crippen MR) is 52.4 cm³/mol. The van der Waals surface area contributed by atoms with Crippen LogP contribution in [0.25, 0.3) is 0 Å². The van der Waals surface area contributed by atoms with Gasteiger partial charge >= 0.3 is 0 Å². The zero-order valence-electron chi connectivity index (χ0n) is 8.82. The van der Waals surface area contributed by atoms with E-state index in [0.717, 1.165) is 18.0 Å². The minimum atomic E-state index is 0.266. The van der Waals surface area contributed by atoms with Gasteiger partial charge in [0.2, 0.25) is 5.88 Å². The van der Waals surface area contributed by atoms with E-state index in [1.807, 2.05) is 14.0 Å². The molecule has 2 rings (SSSR count). The molecule has 0 radical (unpaired) electrons. The van der Waals surface area contributed by atoms with Gasteiger partial charge in [-0.25, -0.2) is 4.68 Å². The lowest BCUT2D eigenvalue weighted by atomic mass is 10.1. The first-order valence-corrected chi connectivity index (χ1v) is 4.87. The molecule has 14 heavy (non-hydrogen) atoms. The first-order valence-electron chi connectivity index (χ1n) is 4.87. The molecular weight excluding hydrogens is 180 g/mol. The molecule has 1 aliphatic rings. The lowest BCUT2D eigenvalue weighted by Gasteiger charge is -2.03. The molecule has 2 atom stereocenters. The van der Waals surface area contributed by atoms with Crippen molar-refractivity contribution in [3.05, 3.63) is 11.3 Å². The Balaban J connectivity index is 2.32. The third-order valence-electron chi connectivity index (χ3n) is 2.94. The molecule has 0 aliphatic heterocycles. The van der Waals surface area contributed by atoms with Crippen LogP contribution in [0.2, 0.25) is 0 Å². The van der Waals surface area contributed by atoms with E-state index in [1.165, 1.54) is 5.56 Å². The van der Waals surface area contributed by atoms with Gasteiger partial charge in [-0.3, -0.25) is 0 Å². The van der Waals surface area contributed by atoms with Gasteiger partial charge in [-0.15, -0.1) is 0 Å². The zero-order valence-corrected chi connectivity index (χ0v) is 8.82. The minimum Gasteiger partial charge on any atom is -0.481 e. The van der Waals surface area contributed by atoms with Crippen LogP contribution >= 0.6 is 0 Å². The fourth-order valence-corrected chi connectivity index (χ4v) is 2.13. The van der Waals surface area contributed by atoms with Crippen LogP contribution in [0.1, 0.15) is 23.6 Å². The summed E-state index contributed by atoms with van der Waals surface area (Å²) >= 11 is 0. The Hall–Kier alpha value is -1.03. The molecule has 2 unspecified atom stereocenters. The van der Waals surface area contributed by atoms with Crippen molar-refractivity contribution in [3.63, 3.8) is 0 Å². The number of aliphatic hydroxyl groups is 1. The van der Waals surface area contributed by atoms with Crippen molar-refractivity contribution >= 4 is 0 Å². The summed E-state index contributed by atoms with van der Waals surface area (Å²) in [5, 5.41) is 13.4. The van der Waals surface area contributed by atoms with Crippen molar-refractivity contribution in [1.82, 2.24) is 9.78 Å². The maximum absolute atomic E-state index is 9.03. The standard InChI is InChI=1S/C10H16N2O2/c1-6-9(8-4-7(8)5-13)10(14-3)12(2)11-6/h7-8,13H,4-5H2,1-3H3. The van der Waals surface area contributed by atoms with Gasteiger partial charge < -0.3 is 9.84 Å². The number of ether oxygens (including phenoxy) is 1. The maximum Gasteiger partial charge on any atom is 0.215 e. The van der Waals surface area contributed by atoms with E-state index in [-0.39, 0.29) is 6.61 Å². The molecule has 1 aromatic heterocycles. The first kappa shape index (κ1) is 9.52. The third kappa shape index (κ3) is 1.30. The largest absolute Gasteiger partial charge is 0.481 e. The summed E-state index contributed by atoms with van der Waals surface area (Å²) in [7, 11) is 3.54. The second kappa shape index (κ2) is 3.28. The molecule has 1 heterocycles. The highest BCUT2D eigenvalue weighted by Crippen LogP contribution is 2.50. The van der Waals surface area contributed by atoms with Crippen LogP contribution in [0.3, 0.4) is 0 Å². The van der Waals surface area contributed by atoms with Gasteiger partial charge in [-0.05, 0) is 25.2 Å². The van der Waals surface area contributed by atoms with Crippen molar-refractivity contribution in [2.45, 2.75) is 19.3 Å². The molecule has 1 N–H and O–H groups in total. The predicted octanol–water partition coefficient (Wildman–Crippen LogP) is 0.833. The molecule has 1 aromatic rings. The SMILES string of the molecule is COc1c(C2CC2CO)c(C)nn1C. The van der Waals surface area contributed by atoms with E-state index in [2.05, 4.69) is 5.10 Å². The Morgan fingerprint density at radius 2 is 2.36 bits per heavy atom. The Labute approximate surface area is 83.5 Å². The number of aliphatic hydroxyl groups excluding tert-OH is 1. The van der Waals surface area contributed by atoms with Gasteiger partial charge in [0.1, 0.15) is 0 Å². The van der Waals surface area contributed by atoms with E-state index in [4.69, 9.17) is 9.84 Å².